The number of ether oxygens (including phenoxy) is 1. The highest BCUT2D eigenvalue weighted by Gasteiger charge is 2.16. The van der Waals surface area contributed by atoms with Gasteiger partial charge in [0.1, 0.15) is 5.60 Å². The van der Waals surface area contributed by atoms with Crippen molar-refractivity contribution in [3.05, 3.63) is 17.2 Å². The maximum Gasteiger partial charge on any atom is 0.413 e. The molecule has 0 aliphatic heterocycles. The molecule has 3 N–H and O–H groups in total. The maximum atomic E-state index is 11.4. The fourth-order valence-corrected chi connectivity index (χ4v) is 1.68. The molecular formula is C11H15N3O3S. The molecule has 0 saturated carbocycles. The normalized spacial score (nSPS) is 11.5. The number of nitrogens with two attached hydrogens (primary N) is 1. The van der Waals surface area contributed by atoms with Crippen molar-refractivity contribution in [1.82, 2.24) is 4.98 Å². The predicted octanol–water partition coefficient (Wildman–Crippen LogP) is 1.99. The molecule has 7 heteroatoms. The molecule has 0 bridgehead atoms. The zero-order valence-electron chi connectivity index (χ0n) is 10.4. The Balaban J connectivity index is 2.59. The van der Waals surface area contributed by atoms with Gasteiger partial charge in [0.15, 0.2) is 5.13 Å². The van der Waals surface area contributed by atoms with Gasteiger partial charge in [-0.3, -0.25) is 10.1 Å². The van der Waals surface area contributed by atoms with E-state index in [1.165, 1.54) is 29.7 Å². The quantitative estimate of drug-likeness (QED) is 0.820. The molecule has 0 radical (unpaired) electrons. The lowest BCUT2D eigenvalue weighted by Gasteiger charge is -2.18. The van der Waals surface area contributed by atoms with Crippen molar-refractivity contribution in [3.8, 4) is 0 Å². The Labute approximate surface area is 109 Å². The fourth-order valence-electron chi connectivity index (χ4n) is 0.977. The molecule has 1 rings (SSSR count). The van der Waals surface area contributed by atoms with Crippen molar-refractivity contribution in [1.29, 1.82) is 0 Å². The summed E-state index contributed by atoms with van der Waals surface area (Å²) in [4.78, 5) is 26.7. The standard InChI is InChI=1S/C11H15N3O3S/c1-11(2,3)17-10(16)14-9-13-6-7(18-9)4-5-8(12)15/h4-6H,1-3H3,(H2,12,15)(H,13,14,16). The summed E-state index contributed by atoms with van der Waals surface area (Å²) in [6.07, 6.45) is 3.71. The van der Waals surface area contributed by atoms with Crippen LogP contribution in [0.4, 0.5) is 9.93 Å². The molecule has 6 nitrogen and oxygen atoms in total. The summed E-state index contributed by atoms with van der Waals surface area (Å²) in [6, 6.07) is 0. The summed E-state index contributed by atoms with van der Waals surface area (Å²) >= 11 is 1.21. The molecule has 1 heterocycles. The van der Waals surface area contributed by atoms with Gasteiger partial charge in [0.25, 0.3) is 0 Å². The molecule has 0 atom stereocenters. The van der Waals surface area contributed by atoms with E-state index in [9.17, 15) is 9.59 Å². The third-order valence-electron chi connectivity index (χ3n) is 1.54. The molecule has 0 aliphatic carbocycles. The van der Waals surface area contributed by atoms with Crippen molar-refractivity contribution in [2.24, 2.45) is 5.73 Å². The van der Waals surface area contributed by atoms with Crippen LogP contribution >= 0.6 is 11.3 Å². The van der Waals surface area contributed by atoms with Crippen LogP contribution in [0.1, 0.15) is 25.6 Å². The molecule has 0 unspecified atom stereocenters. The molecule has 1 aromatic rings. The van der Waals surface area contributed by atoms with Gasteiger partial charge >= 0.3 is 6.09 Å². The number of primary amides is 1. The first-order valence-corrected chi connectivity index (χ1v) is 6.01. The second-order valence-electron chi connectivity index (χ2n) is 4.43. The van der Waals surface area contributed by atoms with E-state index < -0.39 is 17.6 Å². The van der Waals surface area contributed by atoms with Gasteiger partial charge in [-0.15, -0.1) is 0 Å². The van der Waals surface area contributed by atoms with Crippen LogP contribution in [0, 0.1) is 0 Å². The topological polar surface area (TPSA) is 94.3 Å². The van der Waals surface area contributed by atoms with Crippen LogP contribution in [-0.2, 0) is 9.53 Å². The Morgan fingerprint density at radius 1 is 1.50 bits per heavy atom. The minimum Gasteiger partial charge on any atom is -0.444 e. The zero-order chi connectivity index (χ0) is 13.8. The number of hydrogen-bond acceptors (Lipinski definition) is 5. The SMILES string of the molecule is CC(C)(C)OC(=O)Nc1ncc(C=CC(N)=O)s1. The van der Waals surface area contributed by atoms with E-state index in [2.05, 4.69) is 10.3 Å². The number of rotatable bonds is 3. The van der Waals surface area contributed by atoms with Crippen molar-refractivity contribution < 1.29 is 14.3 Å². The monoisotopic (exact) mass is 269 g/mol. The van der Waals surface area contributed by atoms with E-state index in [0.29, 0.717) is 10.0 Å². The van der Waals surface area contributed by atoms with Crippen molar-refractivity contribution in [3.63, 3.8) is 0 Å². The predicted molar refractivity (Wildman–Crippen MR) is 70.2 cm³/mol. The minimum atomic E-state index is -0.567. The number of amides is 2. The number of hydrogen-bond donors (Lipinski definition) is 2. The summed E-state index contributed by atoms with van der Waals surface area (Å²) in [5.41, 5.74) is 4.41. The van der Waals surface area contributed by atoms with Crippen LogP contribution in [0.15, 0.2) is 12.3 Å². The fraction of sp³-hybridized carbons (Fsp3) is 0.364. The first kappa shape index (κ1) is 14.2. The Hall–Kier alpha value is -1.89. The number of carbonyl (C=O) groups is 2. The lowest BCUT2D eigenvalue weighted by Crippen LogP contribution is -2.27. The third-order valence-corrected chi connectivity index (χ3v) is 2.42. The van der Waals surface area contributed by atoms with Crippen LogP contribution in [0.25, 0.3) is 6.08 Å². The Morgan fingerprint density at radius 3 is 2.72 bits per heavy atom. The lowest BCUT2D eigenvalue weighted by atomic mass is 10.2. The average Bonchev–Trinajstić information content (AvgIpc) is 2.59. The Kier molecular flexibility index (Phi) is 4.43. The molecule has 18 heavy (non-hydrogen) atoms. The van der Waals surface area contributed by atoms with E-state index in [0.717, 1.165) is 0 Å². The summed E-state index contributed by atoms with van der Waals surface area (Å²) < 4.78 is 5.07. The number of nitrogens with zero attached hydrogens (tertiary/aromatic N) is 1. The third kappa shape index (κ3) is 5.44. The average molecular weight is 269 g/mol. The second kappa shape index (κ2) is 5.63. The van der Waals surface area contributed by atoms with Crippen molar-refractivity contribution in [2.75, 3.05) is 5.32 Å². The van der Waals surface area contributed by atoms with Crippen LogP contribution in [0.5, 0.6) is 0 Å². The summed E-state index contributed by atoms with van der Waals surface area (Å²) in [5, 5.41) is 2.90. The Morgan fingerprint density at radius 2 is 2.17 bits per heavy atom. The smallest absolute Gasteiger partial charge is 0.413 e. The summed E-state index contributed by atoms with van der Waals surface area (Å²) in [6.45, 7) is 5.32. The van der Waals surface area contributed by atoms with E-state index >= 15 is 0 Å². The second-order valence-corrected chi connectivity index (χ2v) is 5.49. The van der Waals surface area contributed by atoms with Crippen molar-refractivity contribution >= 4 is 34.5 Å². The van der Waals surface area contributed by atoms with Crippen LogP contribution in [0.3, 0.4) is 0 Å². The van der Waals surface area contributed by atoms with Gasteiger partial charge in [0.05, 0.1) is 0 Å². The minimum absolute atomic E-state index is 0.397. The molecule has 1 aromatic heterocycles. The molecule has 0 spiro atoms. The van der Waals surface area contributed by atoms with Gasteiger partial charge in [-0.05, 0) is 26.8 Å². The van der Waals surface area contributed by atoms with Crippen LogP contribution < -0.4 is 11.1 Å². The lowest BCUT2D eigenvalue weighted by molar-refractivity contribution is -0.113. The van der Waals surface area contributed by atoms with E-state index in [4.69, 9.17) is 10.5 Å². The maximum absolute atomic E-state index is 11.4. The number of thiazole rings is 1. The van der Waals surface area contributed by atoms with Crippen molar-refractivity contribution in [2.45, 2.75) is 26.4 Å². The molecule has 0 aromatic carbocycles. The van der Waals surface area contributed by atoms with Crippen LogP contribution in [-0.4, -0.2) is 22.6 Å². The highest BCUT2D eigenvalue weighted by Crippen LogP contribution is 2.20. The molecule has 0 aliphatic rings. The van der Waals surface area contributed by atoms with Gasteiger partial charge in [-0.25, -0.2) is 9.78 Å². The molecular weight excluding hydrogens is 254 g/mol. The largest absolute Gasteiger partial charge is 0.444 e. The molecule has 98 valence electrons. The molecule has 2 amide bonds. The van der Waals surface area contributed by atoms with E-state index in [-0.39, 0.29) is 0 Å². The number of carbonyl (C=O) groups excluding carboxylic acids is 2. The molecule has 0 saturated heterocycles. The highest BCUT2D eigenvalue weighted by molar-refractivity contribution is 7.16. The first-order chi connectivity index (χ1) is 8.26. The van der Waals surface area contributed by atoms with Gasteiger partial charge in [0, 0.05) is 17.2 Å². The number of anilines is 1. The van der Waals surface area contributed by atoms with Gasteiger partial charge in [0.2, 0.25) is 5.91 Å². The number of aromatic nitrogens is 1. The number of nitrogens with one attached hydrogen (secondary N) is 1. The van der Waals surface area contributed by atoms with E-state index in [1.54, 1.807) is 20.8 Å². The van der Waals surface area contributed by atoms with Gasteiger partial charge < -0.3 is 10.5 Å². The van der Waals surface area contributed by atoms with Crippen LogP contribution in [0.2, 0.25) is 0 Å². The van der Waals surface area contributed by atoms with Gasteiger partial charge in [-0.1, -0.05) is 11.3 Å². The molecule has 0 fully saturated rings. The first-order valence-electron chi connectivity index (χ1n) is 5.19. The highest BCUT2D eigenvalue weighted by atomic mass is 32.1. The zero-order valence-corrected chi connectivity index (χ0v) is 11.2. The van der Waals surface area contributed by atoms with Gasteiger partial charge in [-0.2, -0.15) is 0 Å². The Bertz CT molecular complexity index is 474. The summed E-state index contributed by atoms with van der Waals surface area (Å²) in [5.74, 6) is -0.537. The summed E-state index contributed by atoms with van der Waals surface area (Å²) in [7, 11) is 0. The van der Waals surface area contributed by atoms with E-state index in [1.807, 2.05) is 0 Å².